The van der Waals surface area contributed by atoms with E-state index >= 15 is 0 Å². The molecular formula is C19H19N3O. The molecule has 0 aliphatic heterocycles. The van der Waals surface area contributed by atoms with Crippen molar-refractivity contribution in [3.63, 3.8) is 0 Å². The molecule has 3 rings (SSSR count). The summed E-state index contributed by atoms with van der Waals surface area (Å²) < 4.78 is 5.23. The van der Waals surface area contributed by atoms with Crippen LogP contribution in [-0.2, 0) is 0 Å². The molecule has 0 saturated heterocycles. The third kappa shape index (κ3) is 2.95. The highest BCUT2D eigenvalue weighted by Crippen LogP contribution is 2.27. The van der Waals surface area contributed by atoms with Crippen LogP contribution in [-0.4, -0.2) is 26.2 Å². The average Bonchev–Trinajstić information content (AvgIpc) is 2.88. The van der Waals surface area contributed by atoms with Crippen LogP contribution in [0.1, 0.15) is 11.3 Å². The summed E-state index contributed by atoms with van der Waals surface area (Å²) in [6, 6.07) is 13.9. The Bertz CT molecular complexity index is 896. The molecule has 0 fully saturated rings. The molecule has 0 unspecified atom stereocenters. The molecule has 0 aliphatic carbocycles. The van der Waals surface area contributed by atoms with Gasteiger partial charge in [0.25, 0.3) is 0 Å². The zero-order chi connectivity index (χ0) is 16.4. The number of aromatic nitrogens is 1. The Morgan fingerprint density at radius 3 is 2.43 bits per heavy atom. The predicted octanol–water partition coefficient (Wildman–Crippen LogP) is 3.22. The fourth-order valence-corrected chi connectivity index (χ4v) is 2.40. The van der Waals surface area contributed by atoms with Crippen molar-refractivity contribution in [3.05, 3.63) is 53.7 Å². The van der Waals surface area contributed by atoms with E-state index in [2.05, 4.69) is 21.7 Å². The highest BCUT2D eigenvalue weighted by molar-refractivity contribution is 5.95. The van der Waals surface area contributed by atoms with Crippen LogP contribution in [0.4, 0.5) is 11.4 Å². The molecule has 0 amide bonds. The first-order valence-electron chi connectivity index (χ1n) is 7.33. The quantitative estimate of drug-likeness (QED) is 0.715. The zero-order valence-corrected chi connectivity index (χ0v) is 13.5. The summed E-state index contributed by atoms with van der Waals surface area (Å²) in [5, 5.41) is 0.957. The number of ether oxygens (including phenoxy) is 1. The first-order chi connectivity index (χ1) is 11.1. The van der Waals surface area contributed by atoms with Crippen LogP contribution in [0.3, 0.4) is 0 Å². The van der Waals surface area contributed by atoms with Gasteiger partial charge in [-0.3, -0.25) is 0 Å². The highest BCUT2D eigenvalue weighted by atomic mass is 16.5. The summed E-state index contributed by atoms with van der Waals surface area (Å²) in [5.41, 5.74) is 10.6. The number of hydrogen-bond donors (Lipinski definition) is 2. The van der Waals surface area contributed by atoms with Crippen molar-refractivity contribution in [2.24, 2.45) is 0 Å². The fraction of sp³-hybridized carbons (Fsp3) is 0.158. The molecule has 0 saturated carbocycles. The van der Waals surface area contributed by atoms with Gasteiger partial charge in [-0.2, -0.15) is 0 Å². The lowest BCUT2D eigenvalue weighted by atomic mass is 10.2. The molecule has 1 aromatic heterocycles. The van der Waals surface area contributed by atoms with Crippen LogP contribution in [0.5, 0.6) is 5.75 Å². The molecule has 116 valence electrons. The van der Waals surface area contributed by atoms with Gasteiger partial charge in [0, 0.05) is 36.8 Å². The molecule has 23 heavy (non-hydrogen) atoms. The first kappa shape index (κ1) is 14.9. The second-order valence-corrected chi connectivity index (χ2v) is 5.52. The number of anilines is 2. The molecule has 4 nitrogen and oxygen atoms in total. The number of aromatic amines is 1. The summed E-state index contributed by atoms with van der Waals surface area (Å²) in [6.07, 6.45) is 0. The largest absolute Gasteiger partial charge is 0.497 e. The normalized spacial score (nSPS) is 10.2. The lowest BCUT2D eigenvalue weighted by Gasteiger charge is -2.11. The van der Waals surface area contributed by atoms with E-state index < -0.39 is 0 Å². The van der Waals surface area contributed by atoms with Gasteiger partial charge in [0.05, 0.1) is 18.3 Å². The number of nitrogens with one attached hydrogen (secondary N) is 1. The lowest BCUT2D eigenvalue weighted by molar-refractivity contribution is 0.415. The summed E-state index contributed by atoms with van der Waals surface area (Å²) in [6.45, 7) is 0. The predicted molar refractivity (Wildman–Crippen MR) is 96.0 cm³/mol. The van der Waals surface area contributed by atoms with Crippen LogP contribution in [0.15, 0.2) is 42.5 Å². The molecular weight excluding hydrogens is 286 g/mol. The van der Waals surface area contributed by atoms with Crippen molar-refractivity contribution >= 4 is 22.3 Å². The Kier molecular flexibility index (Phi) is 3.86. The maximum absolute atomic E-state index is 6.18. The van der Waals surface area contributed by atoms with Gasteiger partial charge in [0.1, 0.15) is 11.4 Å². The Morgan fingerprint density at radius 1 is 1.04 bits per heavy atom. The van der Waals surface area contributed by atoms with E-state index in [1.165, 1.54) is 0 Å². The number of nitrogens with two attached hydrogens (primary N) is 1. The van der Waals surface area contributed by atoms with Crippen LogP contribution >= 0.6 is 0 Å². The van der Waals surface area contributed by atoms with Crippen molar-refractivity contribution in [3.8, 4) is 17.6 Å². The van der Waals surface area contributed by atoms with Crippen LogP contribution < -0.4 is 15.4 Å². The molecule has 0 bridgehead atoms. The average molecular weight is 305 g/mol. The molecule has 3 N–H and O–H groups in total. The van der Waals surface area contributed by atoms with Crippen molar-refractivity contribution < 1.29 is 4.74 Å². The van der Waals surface area contributed by atoms with Crippen LogP contribution in [0.25, 0.3) is 10.9 Å². The SMILES string of the molecule is COc1ccc2c(N)c(C#Cc3ccc(N(C)C)cc3)[nH]c2c1. The van der Waals surface area contributed by atoms with E-state index in [1.54, 1.807) is 7.11 Å². The van der Waals surface area contributed by atoms with Gasteiger partial charge in [-0.15, -0.1) is 0 Å². The number of nitrogens with zero attached hydrogens (tertiary/aromatic N) is 1. The van der Waals surface area contributed by atoms with E-state index in [0.717, 1.165) is 33.6 Å². The molecule has 0 radical (unpaired) electrons. The molecule has 2 aromatic carbocycles. The number of hydrogen-bond acceptors (Lipinski definition) is 3. The summed E-state index contributed by atoms with van der Waals surface area (Å²) in [7, 11) is 5.67. The van der Waals surface area contributed by atoms with E-state index in [9.17, 15) is 0 Å². The fourth-order valence-electron chi connectivity index (χ4n) is 2.40. The molecule has 4 heteroatoms. The Labute approximate surface area is 135 Å². The molecule has 1 heterocycles. The maximum Gasteiger partial charge on any atom is 0.120 e. The van der Waals surface area contributed by atoms with Crippen LogP contribution in [0, 0.1) is 11.8 Å². The lowest BCUT2D eigenvalue weighted by Crippen LogP contribution is -2.07. The van der Waals surface area contributed by atoms with Crippen molar-refractivity contribution in [2.45, 2.75) is 0 Å². The van der Waals surface area contributed by atoms with E-state index in [1.807, 2.05) is 56.6 Å². The summed E-state index contributed by atoms with van der Waals surface area (Å²) in [4.78, 5) is 5.31. The third-order valence-electron chi connectivity index (χ3n) is 3.76. The second kappa shape index (κ2) is 5.98. The standard InChI is InChI=1S/C19H19N3O/c1-22(2)14-7-4-13(5-8-14)6-11-17-19(20)16-10-9-15(23-3)12-18(16)21-17/h4-5,7-10,12,21H,20H2,1-3H3. The number of H-pyrrole nitrogens is 1. The third-order valence-corrected chi connectivity index (χ3v) is 3.76. The van der Waals surface area contributed by atoms with Gasteiger partial charge < -0.3 is 20.4 Å². The Balaban J connectivity index is 1.94. The Hall–Kier alpha value is -3.06. The molecule has 0 atom stereocenters. The van der Waals surface area contributed by atoms with Gasteiger partial charge in [0.2, 0.25) is 0 Å². The Morgan fingerprint density at radius 2 is 1.78 bits per heavy atom. The number of fused-ring (bicyclic) bond motifs is 1. The van der Waals surface area contributed by atoms with Gasteiger partial charge >= 0.3 is 0 Å². The van der Waals surface area contributed by atoms with E-state index in [0.29, 0.717) is 5.69 Å². The minimum atomic E-state index is 0.667. The minimum absolute atomic E-state index is 0.667. The van der Waals surface area contributed by atoms with E-state index in [4.69, 9.17) is 10.5 Å². The van der Waals surface area contributed by atoms with Gasteiger partial charge in [-0.25, -0.2) is 0 Å². The zero-order valence-electron chi connectivity index (χ0n) is 13.5. The van der Waals surface area contributed by atoms with Gasteiger partial charge in [-0.1, -0.05) is 5.92 Å². The van der Waals surface area contributed by atoms with Crippen molar-refractivity contribution in [2.75, 3.05) is 31.8 Å². The topological polar surface area (TPSA) is 54.3 Å². The van der Waals surface area contributed by atoms with Crippen molar-refractivity contribution in [1.82, 2.24) is 4.98 Å². The molecule has 3 aromatic rings. The number of rotatable bonds is 2. The van der Waals surface area contributed by atoms with Crippen molar-refractivity contribution in [1.29, 1.82) is 0 Å². The maximum atomic E-state index is 6.18. The number of nitrogen functional groups attached to an aromatic ring is 1. The molecule has 0 spiro atoms. The monoisotopic (exact) mass is 305 g/mol. The smallest absolute Gasteiger partial charge is 0.120 e. The number of methoxy groups -OCH3 is 1. The van der Waals surface area contributed by atoms with Crippen LogP contribution in [0.2, 0.25) is 0 Å². The second-order valence-electron chi connectivity index (χ2n) is 5.52. The number of benzene rings is 2. The molecule has 0 aliphatic rings. The highest BCUT2D eigenvalue weighted by Gasteiger charge is 2.07. The van der Waals surface area contributed by atoms with Gasteiger partial charge in [0.15, 0.2) is 0 Å². The van der Waals surface area contributed by atoms with E-state index in [-0.39, 0.29) is 0 Å². The summed E-state index contributed by atoms with van der Waals surface area (Å²) in [5.74, 6) is 7.06. The first-order valence-corrected chi connectivity index (χ1v) is 7.33. The minimum Gasteiger partial charge on any atom is -0.497 e. The van der Waals surface area contributed by atoms with Gasteiger partial charge in [-0.05, 0) is 42.3 Å². The summed E-state index contributed by atoms with van der Waals surface area (Å²) >= 11 is 0.